The summed E-state index contributed by atoms with van der Waals surface area (Å²) in [5.74, 6) is -1.41. The molecule has 0 saturated heterocycles. The maximum atomic E-state index is 11.7. The number of hydrogen-bond donors (Lipinski definition) is 1. The second-order valence-corrected chi connectivity index (χ2v) is 4.83. The van der Waals surface area contributed by atoms with E-state index in [1.165, 1.54) is 4.90 Å². The van der Waals surface area contributed by atoms with Crippen LogP contribution < -0.4 is 4.90 Å². The van der Waals surface area contributed by atoms with Crippen LogP contribution in [0, 0.1) is 18.3 Å². The molecule has 0 amide bonds. The first-order chi connectivity index (χ1) is 9.49. The van der Waals surface area contributed by atoms with Crippen molar-refractivity contribution in [3.63, 3.8) is 0 Å². The molecule has 0 atom stereocenters. The largest absolute Gasteiger partial charge is 0.481 e. The Morgan fingerprint density at radius 2 is 2.25 bits per heavy atom. The third kappa shape index (κ3) is 4.20. The third-order valence-corrected chi connectivity index (χ3v) is 3.57. The van der Waals surface area contributed by atoms with Gasteiger partial charge in [-0.3, -0.25) is 4.79 Å². The lowest BCUT2D eigenvalue weighted by Gasteiger charge is -2.16. The molecule has 1 aromatic heterocycles. The van der Waals surface area contributed by atoms with Gasteiger partial charge in [0.2, 0.25) is 0 Å². The Morgan fingerprint density at radius 3 is 2.80 bits per heavy atom. The molecule has 0 aliphatic rings. The van der Waals surface area contributed by atoms with E-state index in [1.807, 2.05) is 6.07 Å². The van der Waals surface area contributed by atoms with Crippen molar-refractivity contribution in [2.75, 3.05) is 24.6 Å². The van der Waals surface area contributed by atoms with Crippen molar-refractivity contribution in [1.82, 2.24) is 4.98 Å². The fourth-order valence-corrected chi connectivity index (χ4v) is 2.45. The number of aliphatic carboxylic acids is 1. The minimum absolute atomic E-state index is 0.0164. The van der Waals surface area contributed by atoms with Gasteiger partial charge in [-0.1, -0.05) is 11.3 Å². The van der Waals surface area contributed by atoms with Crippen LogP contribution in [0.25, 0.3) is 0 Å². The van der Waals surface area contributed by atoms with Gasteiger partial charge in [0.25, 0.3) is 0 Å². The van der Waals surface area contributed by atoms with Crippen LogP contribution in [0.5, 0.6) is 0 Å². The lowest BCUT2D eigenvalue weighted by atomic mass is 10.4. The average molecular weight is 297 g/mol. The molecule has 0 aliphatic heterocycles. The number of thiazole rings is 1. The molecule has 1 aromatic rings. The number of carbonyl (C=O) groups excluding carboxylic acids is 1. The summed E-state index contributed by atoms with van der Waals surface area (Å²) in [6, 6.07) is 1.96. The Labute approximate surface area is 120 Å². The molecule has 0 aliphatic carbocycles. The maximum Gasteiger partial charge on any atom is 0.350 e. The number of anilines is 1. The predicted molar refractivity (Wildman–Crippen MR) is 72.9 cm³/mol. The molecule has 1 heterocycles. The number of nitriles is 1. The van der Waals surface area contributed by atoms with Gasteiger partial charge in [-0.05, 0) is 13.8 Å². The van der Waals surface area contributed by atoms with Crippen LogP contribution in [-0.2, 0) is 9.53 Å². The number of rotatable bonds is 7. The fraction of sp³-hybridized carbons (Fsp3) is 0.500. The van der Waals surface area contributed by atoms with Crippen molar-refractivity contribution in [3.05, 3.63) is 10.6 Å². The summed E-state index contributed by atoms with van der Waals surface area (Å²) in [5.41, 5.74) is 0.515. The van der Waals surface area contributed by atoms with E-state index in [-0.39, 0.29) is 26.1 Å². The molecule has 7 nitrogen and oxygen atoms in total. The molecule has 8 heteroatoms. The predicted octanol–water partition coefficient (Wildman–Crippen LogP) is 1.43. The van der Waals surface area contributed by atoms with Crippen LogP contribution in [0.1, 0.15) is 28.7 Å². The normalized spacial score (nSPS) is 9.85. The minimum Gasteiger partial charge on any atom is -0.481 e. The first kappa shape index (κ1) is 15.9. The highest BCUT2D eigenvalue weighted by molar-refractivity contribution is 7.17. The van der Waals surface area contributed by atoms with Crippen LogP contribution in [-0.4, -0.2) is 41.7 Å². The molecular formula is C12H15N3O4S. The van der Waals surface area contributed by atoms with Crippen LogP contribution in [0.4, 0.5) is 5.13 Å². The smallest absolute Gasteiger partial charge is 0.350 e. The van der Waals surface area contributed by atoms with E-state index in [9.17, 15) is 9.59 Å². The minimum atomic E-state index is -0.952. The summed E-state index contributed by atoms with van der Waals surface area (Å²) in [6.07, 6.45) is -0.102. The van der Waals surface area contributed by atoms with Crippen molar-refractivity contribution in [2.45, 2.75) is 20.3 Å². The molecule has 0 spiro atoms. The van der Waals surface area contributed by atoms with Crippen molar-refractivity contribution >= 4 is 28.4 Å². The zero-order chi connectivity index (χ0) is 15.1. The van der Waals surface area contributed by atoms with Gasteiger partial charge in [0.05, 0.1) is 24.8 Å². The van der Waals surface area contributed by atoms with E-state index in [2.05, 4.69) is 4.98 Å². The SMILES string of the molecule is CCOC(=O)c1sc(N(CC#N)CCC(=O)O)nc1C. The molecule has 108 valence electrons. The van der Waals surface area contributed by atoms with Crippen LogP contribution >= 0.6 is 11.3 Å². The Bertz CT molecular complexity index is 535. The Balaban J connectivity index is 2.92. The molecule has 0 fully saturated rings. The molecule has 0 saturated carbocycles. The van der Waals surface area contributed by atoms with Crippen LogP contribution in [0.2, 0.25) is 0 Å². The highest BCUT2D eigenvalue weighted by Crippen LogP contribution is 2.26. The molecule has 0 radical (unpaired) electrons. The monoisotopic (exact) mass is 297 g/mol. The molecule has 1 rings (SSSR count). The highest BCUT2D eigenvalue weighted by atomic mass is 32.1. The number of aromatic nitrogens is 1. The number of hydrogen-bond acceptors (Lipinski definition) is 7. The van der Waals surface area contributed by atoms with Crippen molar-refractivity contribution in [2.24, 2.45) is 0 Å². The molecular weight excluding hydrogens is 282 g/mol. The first-order valence-corrected chi connectivity index (χ1v) is 6.79. The summed E-state index contributed by atoms with van der Waals surface area (Å²) >= 11 is 1.10. The zero-order valence-corrected chi connectivity index (χ0v) is 12.1. The third-order valence-electron chi connectivity index (χ3n) is 2.37. The van der Waals surface area contributed by atoms with Crippen LogP contribution in [0.3, 0.4) is 0 Å². The lowest BCUT2D eigenvalue weighted by Crippen LogP contribution is -2.26. The van der Waals surface area contributed by atoms with Crippen molar-refractivity contribution < 1.29 is 19.4 Å². The van der Waals surface area contributed by atoms with E-state index in [4.69, 9.17) is 15.1 Å². The topological polar surface area (TPSA) is 104 Å². The number of esters is 1. The maximum absolute atomic E-state index is 11.7. The summed E-state index contributed by atoms with van der Waals surface area (Å²) in [4.78, 5) is 28.4. The van der Waals surface area contributed by atoms with Gasteiger partial charge in [0.15, 0.2) is 5.13 Å². The van der Waals surface area contributed by atoms with Gasteiger partial charge in [-0.25, -0.2) is 9.78 Å². The summed E-state index contributed by atoms with van der Waals surface area (Å²) in [7, 11) is 0. The van der Waals surface area contributed by atoms with E-state index in [0.717, 1.165) is 11.3 Å². The molecule has 0 bridgehead atoms. The standard InChI is InChI=1S/C12H15N3O4S/c1-3-19-11(18)10-8(2)14-12(20-10)15(7-5-13)6-4-9(16)17/h3-4,6-7H2,1-2H3,(H,16,17). The number of carboxylic acids is 1. The molecule has 20 heavy (non-hydrogen) atoms. The van der Waals surface area contributed by atoms with Crippen molar-refractivity contribution in [1.29, 1.82) is 5.26 Å². The summed E-state index contributed by atoms with van der Waals surface area (Å²) in [5, 5.41) is 17.9. The highest BCUT2D eigenvalue weighted by Gasteiger charge is 2.20. The average Bonchev–Trinajstić information content (AvgIpc) is 2.76. The van der Waals surface area contributed by atoms with Gasteiger partial charge < -0.3 is 14.7 Å². The number of ether oxygens (including phenoxy) is 1. The van der Waals surface area contributed by atoms with E-state index in [0.29, 0.717) is 15.7 Å². The van der Waals surface area contributed by atoms with E-state index < -0.39 is 11.9 Å². The van der Waals surface area contributed by atoms with E-state index in [1.54, 1.807) is 13.8 Å². The first-order valence-electron chi connectivity index (χ1n) is 5.97. The summed E-state index contributed by atoms with van der Waals surface area (Å²) in [6.45, 7) is 3.84. The lowest BCUT2D eigenvalue weighted by molar-refractivity contribution is -0.136. The zero-order valence-electron chi connectivity index (χ0n) is 11.3. The number of carbonyl (C=O) groups is 2. The van der Waals surface area contributed by atoms with Gasteiger partial charge in [0, 0.05) is 6.54 Å². The van der Waals surface area contributed by atoms with Crippen molar-refractivity contribution in [3.8, 4) is 6.07 Å². The molecule has 0 unspecified atom stereocenters. The van der Waals surface area contributed by atoms with Gasteiger partial charge in [-0.2, -0.15) is 5.26 Å². The second kappa shape index (κ2) is 7.45. The van der Waals surface area contributed by atoms with Gasteiger partial charge in [-0.15, -0.1) is 0 Å². The Kier molecular flexibility index (Phi) is 5.93. The number of nitrogens with zero attached hydrogens (tertiary/aromatic N) is 3. The number of aryl methyl sites for hydroxylation is 1. The molecule has 1 N–H and O–H groups in total. The summed E-state index contributed by atoms with van der Waals surface area (Å²) < 4.78 is 4.91. The Morgan fingerprint density at radius 1 is 1.55 bits per heavy atom. The Hall–Kier alpha value is -2.14. The number of carboxylic acid groups (broad SMARTS) is 1. The second-order valence-electron chi connectivity index (χ2n) is 3.85. The van der Waals surface area contributed by atoms with E-state index >= 15 is 0 Å². The van der Waals surface area contributed by atoms with Gasteiger partial charge in [0.1, 0.15) is 11.4 Å². The molecule has 0 aromatic carbocycles. The van der Waals surface area contributed by atoms with Crippen LogP contribution in [0.15, 0.2) is 0 Å². The van der Waals surface area contributed by atoms with Gasteiger partial charge >= 0.3 is 11.9 Å². The quantitative estimate of drug-likeness (QED) is 0.599. The fourth-order valence-electron chi connectivity index (χ4n) is 1.46.